The van der Waals surface area contributed by atoms with Crippen LogP contribution in [-0.2, 0) is 42.9 Å². The largest absolute Gasteiger partial charge is 0.463 e. The number of carbonyl (C=O) groups excluding carboxylic acids is 4. The van der Waals surface area contributed by atoms with E-state index < -0.39 is 54.1 Å². The molecule has 1 N–H and O–H groups in total. The van der Waals surface area contributed by atoms with Gasteiger partial charge in [0.15, 0.2) is 18.5 Å². The fourth-order valence-electron chi connectivity index (χ4n) is 2.82. The zero-order valence-corrected chi connectivity index (χ0v) is 17.6. The van der Waals surface area contributed by atoms with Crippen LogP contribution in [0.25, 0.3) is 0 Å². The Hall–Kier alpha value is -1.47. The highest BCUT2D eigenvalue weighted by molar-refractivity contribution is 14.1. The summed E-state index contributed by atoms with van der Waals surface area (Å²) in [7, 11) is 0. The molecule has 0 radical (unpaired) electrons. The summed E-state index contributed by atoms with van der Waals surface area (Å²) in [5.41, 5.74) is -1.80. The van der Waals surface area contributed by atoms with Gasteiger partial charge in [0.25, 0.3) is 0 Å². The van der Waals surface area contributed by atoms with Crippen molar-refractivity contribution in [2.45, 2.75) is 64.3 Å². The van der Waals surface area contributed by atoms with Crippen LogP contribution < -0.4 is 0 Å². The van der Waals surface area contributed by atoms with E-state index in [0.717, 1.165) is 20.8 Å². The topological polar surface area (TPSA) is 135 Å². The van der Waals surface area contributed by atoms with E-state index in [1.165, 1.54) is 6.92 Å². The molecule has 1 heterocycles. The number of rotatable bonds is 7. The summed E-state index contributed by atoms with van der Waals surface area (Å²) in [4.78, 5) is 46.1. The van der Waals surface area contributed by atoms with Crippen molar-refractivity contribution >= 4 is 46.5 Å². The summed E-state index contributed by atoms with van der Waals surface area (Å²) in [6.45, 7) is 4.17. The second-order valence-electron chi connectivity index (χ2n) is 5.92. The van der Waals surface area contributed by atoms with Crippen LogP contribution in [0.3, 0.4) is 0 Å². The molecule has 0 aromatic rings. The third kappa shape index (κ3) is 6.28. The number of halogens is 1. The Labute approximate surface area is 169 Å². The van der Waals surface area contributed by atoms with Crippen LogP contribution in [0.5, 0.6) is 0 Å². The minimum atomic E-state index is -1.80. The standard InChI is InChI=1S/C16H23IO10/c1-8(18)23-7-12-13(24-9(2)19)14(25-10(3)20)16(5-6-17,15(22)26-12)27-11(4)21/h12-15,22H,5-7H2,1-4H3/t12-,13-,14+,15+,16+/m1/s1. The lowest BCUT2D eigenvalue weighted by molar-refractivity contribution is -0.334. The van der Waals surface area contributed by atoms with E-state index >= 15 is 0 Å². The lowest BCUT2D eigenvalue weighted by Crippen LogP contribution is -2.70. The molecule has 1 saturated heterocycles. The average Bonchev–Trinajstić information content (AvgIpc) is 2.51. The van der Waals surface area contributed by atoms with Gasteiger partial charge in [-0.3, -0.25) is 19.2 Å². The molecule has 5 atom stereocenters. The molecule has 0 aliphatic carbocycles. The smallest absolute Gasteiger partial charge is 0.303 e. The molecule has 0 bridgehead atoms. The minimum absolute atomic E-state index is 0.0459. The SMILES string of the molecule is CC(=O)OC[C@H]1O[C@H](O)[C@@](CCI)(OC(C)=O)[C@@H](OC(C)=O)[C@@H]1OC(C)=O. The molecule has 0 aromatic carbocycles. The molecule has 1 aliphatic rings. The first-order valence-corrected chi connectivity index (χ1v) is 9.63. The van der Waals surface area contributed by atoms with Crippen LogP contribution in [0.2, 0.25) is 0 Å². The Bertz CT molecular complexity index is 580. The predicted octanol–water partition coefficient (Wildman–Crippen LogP) is 0.257. The second kappa shape index (κ2) is 10.2. The van der Waals surface area contributed by atoms with Crippen LogP contribution in [0.15, 0.2) is 0 Å². The van der Waals surface area contributed by atoms with Crippen LogP contribution in [0, 0.1) is 0 Å². The minimum Gasteiger partial charge on any atom is -0.463 e. The van der Waals surface area contributed by atoms with Crippen molar-refractivity contribution in [3.63, 3.8) is 0 Å². The van der Waals surface area contributed by atoms with E-state index in [9.17, 15) is 24.3 Å². The van der Waals surface area contributed by atoms with E-state index in [1.807, 2.05) is 22.6 Å². The maximum Gasteiger partial charge on any atom is 0.303 e. The normalized spacial score (nSPS) is 30.1. The number of aliphatic hydroxyl groups is 1. The molecule has 1 rings (SSSR count). The Morgan fingerprint density at radius 1 is 1.00 bits per heavy atom. The third-order valence-corrected chi connectivity index (χ3v) is 4.27. The van der Waals surface area contributed by atoms with Gasteiger partial charge >= 0.3 is 23.9 Å². The molecule has 154 valence electrons. The summed E-state index contributed by atoms with van der Waals surface area (Å²) in [5, 5.41) is 10.6. The number of aliphatic hydroxyl groups excluding tert-OH is 1. The van der Waals surface area contributed by atoms with Gasteiger partial charge in [-0.2, -0.15) is 0 Å². The van der Waals surface area contributed by atoms with Crippen molar-refractivity contribution in [1.82, 2.24) is 0 Å². The van der Waals surface area contributed by atoms with E-state index in [0.29, 0.717) is 4.43 Å². The fraction of sp³-hybridized carbons (Fsp3) is 0.750. The first kappa shape index (κ1) is 23.6. The van der Waals surface area contributed by atoms with E-state index in [1.54, 1.807) is 0 Å². The molecule has 1 fully saturated rings. The lowest BCUT2D eigenvalue weighted by atomic mass is 9.83. The Kier molecular flexibility index (Phi) is 8.88. The van der Waals surface area contributed by atoms with Crippen molar-refractivity contribution in [3.8, 4) is 0 Å². The van der Waals surface area contributed by atoms with Gasteiger partial charge in [-0.15, -0.1) is 0 Å². The number of ether oxygens (including phenoxy) is 5. The molecule has 0 unspecified atom stereocenters. The lowest BCUT2D eigenvalue weighted by Gasteiger charge is -2.50. The first-order chi connectivity index (χ1) is 12.5. The molecule has 11 heteroatoms. The molecular formula is C16H23IO10. The van der Waals surface area contributed by atoms with E-state index in [-0.39, 0.29) is 13.0 Å². The summed E-state index contributed by atoms with van der Waals surface area (Å²) in [6, 6.07) is 0. The zero-order valence-electron chi connectivity index (χ0n) is 15.4. The highest BCUT2D eigenvalue weighted by Gasteiger charge is 2.61. The van der Waals surface area contributed by atoms with Gasteiger partial charge in [0.1, 0.15) is 12.7 Å². The molecule has 0 aromatic heterocycles. The quantitative estimate of drug-likeness (QED) is 0.224. The molecule has 10 nitrogen and oxygen atoms in total. The van der Waals surface area contributed by atoms with Crippen molar-refractivity contribution in [2.24, 2.45) is 0 Å². The van der Waals surface area contributed by atoms with Crippen molar-refractivity contribution in [2.75, 3.05) is 11.0 Å². The van der Waals surface area contributed by atoms with Gasteiger partial charge in [0, 0.05) is 38.5 Å². The van der Waals surface area contributed by atoms with Gasteiger partial charge in [-0.05, 0) is 0 Å². The predicted molar refractivity (Wildman–Crippen MR) is 96.6 cm³/mol. The van der Waals surface area contributed by atoms with Crippen LogP contribution in [0.1, 0.15) is 34.1 Å². The van der Waals surface area contributed by atoms with Gasteiger partial charge < -0.3 is 28.8 Å². The second-order valence-corrected chi connectivity index (χ2v) is 7.00. The summed E-state index contributed by atoms with van der Waals surface area (Å²) >= 11 is 1.99. The zero-order chi connectivity index (χ0) is 20.8. The maximum atomic E-state index is 11.7. The van der Waals surface area contributed by atoms with E-state index in [4.69, 9.17) is 23.7 Å². The van der Waals surface area contributed by atoms with Gasteiger partial charge in [0.05, 0.1) is 0 Å². The molecule has 0 amide bonds. The number of esters is 4. The third-order valence-electron chi connectivity index (χ3n) is 3.73. The molecule has 0 spiro atoms. The van der Waals surface area contributed by atoms with Crippen LogP contribution >= 0.6 is 22.6 Å². The molecule has 0 saturated carbocycles. The van der Waals surface area contributed by atoms with Crippen LogP contribution in [-0.4, -0.2) is 70.2 Å². The van der Waals surface area contributed by atoms with Gasteiger partial charge in [-0.25, -0.2) is 0 Å². The summed E-state index contributed by atoms with van der Waals surface area (Å²) in [5.74, 6) is -2.85. The summed E-state index contributed by atoms with van der Waals surface area (Å²) in [6.07, 6.45) is -5.47. The fourth-order valence-corrected chi connectivity index (χ4v) is 3.66. The maximum absolute atomic E-state index is 11.7. The molecule has 27 heavy (non-hydrogen) atoms. The molecular weight excluding hydrogens is 479 g/mol. The summed E-state index contributed by atoms with van der Waals surface area (Å²) < 4.78 is 26.6. The monoisotopic (exact) mass is 502 g/mol. The van der Waals surface area contributed by atoms with Crippen molar-refractivity contribution in [1.29, 1.82) is 0 Å². The van der Waals surface area contributed by atoms with Crippen molar-refractivity contribution < 1.29 is 48.0 Å². The number of alkyl halides is 1. The van der Waals surface area contributed by atoms with Gasteiger partial charge in [-0.1, -0.05) is 22.6 Å². The number of hydrogen-bond acceptors (Lipinski definition) is 10. The highest BCUT2D eigenvalue weighted by atomic mass is 127. The first-order valence-electron chi connectivity index (χ1n) is 8.10. The Morgan fingerprint density at radius 2 is 1.59 bits per heavy atom. The number of hydrogen-bond donors (Lipinski definition) is 1. The average molecular weight is 502 g/mol. The van der Waals surface area contributed by atoms with Crippen LogP contribution in [0.4, 0.5) is 0 Å². The number of carbonyl (C=O) groups is 4. The molecule has 1 aliphatic heterocycles. The van der Waals surface area contributed by atoms with Gasteiger partial charge in [0.2, 0.25) is 5.60 Å². The Morgan fingerprint density at radius 3 is 2.04 bits per heavy atom. The van der Waals surface area contributed by atoms with Crippen molar-refractivity contribution in [3.05, 3.63) is 0 Å². The highest BCUT2D eigenvalue weighted by Crippen LogP contribution is 2.39. The Balaban J connectivity index is 3.40. The van der Waals surface area contributed by atoms with E-state index in [2.05, 4.69) is 0 Å².